The second-order valence-corrected chi connectivity index (χ2v) is 4.55. The molecule has 2 fully saturated rings. The summed E-state index contributed by atoms with van der Waals surface area (Å²) in [4.78, 5) is 21.5. The molecule has 0 bridgehead atoms. The summed E-state index contributed by atoms with van der Waals surface area (Å²) in [7, 11) is 0. The molecule has 5 nitrogen and oxygen atoms in total. The molecule has 2 rings (SSSR count). The van der Waals surface area contributed by atoms with Crippen molar-refractivity contribution in [3.63, 3.8) is 0 Å². The van der Waals surface area contributed by atoms with Crippen molar-refractivity contribution in [2.45, 2.75) is 44.2 Å². The Morgan fingerprint density at radius 1 is 1.50 bits per heavy atom. The van der Waals surface area contributed by atoms with E-state index in [0.29, 0.717) is 25.4 Å². The van der Waals surface area contributed by atoms with Crippen LogP contribution in [0.25, 0.3) is 0 Å². The number of hydrogen-bond donors (Lipinski definition) is 2. The Hall–Kier alpha value is -1.10. The summed E-state index contributed by atoms with van der Waals surface area (Å²) >= 11 is 0. The van der Waals surface area contributed by atoms with Gasteiger partial charge in [-0.15, -0.1) is 0 Å². The molecular weight excluding hydrogens is 210 g/mol. The van der Waals surface area contributed by atoms with Gasteiger partial charge in [0.1, 0.15) is 0 Å². The van der Waals surface area contributed by atoms with E-state index in [4.69, 9.17) is 9.84 Å². The molecule has 16 heavy (non-hydrogen) atoms. The summed E-state index contributed by atoms with van der Waals surface area (Å²) in [6.07, 6.45) is 3.33. The molecule has 0 aromatic heterocycles. The van der Waals surface area contributed by atoms with Crippen LogP contribution in [0.2, 0.25) is 0 Å². The van der Waals surface area contributed by atoms with Crippen molar-refractivity contribution >= 4 is 11.9 Å². The smallest absolute Gasteiger partial charge is 0.303 e. The van der Waals surface area contributed by atoms with Gasteiger partial charge < -0.3 is 15.2 Å². The van der Waals surface area contributed by atoms with Gasteiger partial charge in [0, 0.05) is 18.8 Å². The van der Waals surface area contributed by atoms with Crippen LogP contribution in [0.4, 0.5) is 0 Å². The third kappa shape index (κ3) is 2.52. The quantitative estimate of drug-likeness (QED) is 0.672. The number of carbonyl (C=O) groups excluding carboxylic acids is 1. The van der Waals surface area contributed by atoms with E-state index in [1.54, 1.807) is 0 Å². The average molecular weight is 227 g/mol. The summed E-state index contributed by atoms with van der Waals surface area (Å²) in [5, 5.41) is 11.4. The van der Waals surface area contributed by atoms with Gasteiger partial charge in [0.15, 0.2) is 0 Å². The molecule has 3 atom stereocenters. The van der Waals surface area contributed by atoms with Gasteiger partial charge in [0.05, 0.1) is 18.8 Å². The maximum absolute atomic E-state index is 11.2. The van der Waals surface area contributed by atoms with Crippen LogP contribution in [0.15, 0.2) is 0 Å². The van der Waals surface area contributed by atoms with E-state index in [1.807, 2.05) is 0 Å². The van der Waals surface area contributed by atoms with Crippen LogP contribution in [0, 0.1) is 5.92 Å². The van der Waals surface area contributed by atoms with Crippen molar-refractivity contribution in [2.75, 3.05) is 6.61 Å². The maximum Gasteiger partial charge on any atom is 0.303 e. The van der Waals surface area contributed by atoms with Crippen molar-refractivity contribution in [1.82, 2.24) is 5.32 Å². The van der Waals surface area contributed by atoms with Crippen LogP contribution in [0.5, 0.6) is 0 Å². The number of carboxylic acids is 1. The van der Waals surface area contributed by atoms with Crippen molar-refractivity contribution in [1.29, 1.82) is 0 Å². The summed E-state index contributed by atoms with van der Waals surface area (Å²) in [6.45, 7) is 0.611. The first-order chi connectivity index (χ1) is 7.66. The molecule has 2 aliphatic rings. The minimum atomic E-state index is -0.747. The predicted molar refractivity (Wildman–Crippen MR) is 55.9 cm³/mol. The lowest BCUT2D eigenvalue weighted by molar-refractivity contribution is -0.137. The lowest BCUT2D eigenvalue weighted by Crippen LogP contribution is -2.29. The van der Waals surface area contributed by atoms with Gasteiger partial charge in [0.25, 0.3) is 0 Å². The monoisotopic (exact) mass is 227 g/mol. The van der Waals surface area contributed by atoms with Crippen molar-refractivity contribution < 1.29 is 19.4 Å². The highest BCUT2D eigenvalue weighted by atomic mass is 16.5. The summed E-state index contributed by atoms with van der Waals surface area (Å²) in [6, 6.07) is 0.192. The van der Waals surface area contributed by atoms with E-state index >= 15 is 0 Å². The maximum atomic E-state index is 11.2. The van der Waals surface area contributed by atoms with E-state index in [1.165, 1.54) is 0 Å². The number of unbranched alkanes of at least 4 members (excludes halogenated alkanes) is 1. The van der Waals surface area contributed by atoms with E-state index in [0.717, 1.165) is 12.8 Å². The third-order valence-electron chi connectivity index (χ3n) is 3.38. The van der Waals surface area contributed by atoms with Gasteiger partial charge in [-0.1, -0.05) is 6.42 Å². The summed E-state index contributed by atoms with van der Waals surface area (Å²) in [5.74, 6) is -0.325. The van der Waals surface area contributed by atoms with Gasteiger partial charge in [0.2, 0.25) is 5.91 Å². The Kier molecular flexibility index (Phi) is 3.43. The Morgan fingerprint density at radius 2 is 2.31 bits per heavy atom. The number of hydrogen-bond acceptors (Lipinski definition) is 3. The van der Waals surface area contributed by atoms with Crippen molar-refractivity contribution in [2.24, 2.45) is 5.92 Å². The summed E-state index contributed by atoms with van der Waals surface area (Å²) < 4.78 is 5.61. The molecule has 2 heterocycles. The number of ether oxygens (including phenoxy) is 1. The first-order valence-corrected chi connectivity index (χ1v) is 5.79. The molecule has 0 aliphatic carbocycles. The fraction of sp³-hybridized carbons (Fsp3) is 0.818. The zero-order chi connectivity index (χ0) is 11.5. The standard InChI is InChI=1S/C11H17NO4/c13-10-5-7-8(12-10)6-16-9(7)3-1-2-4-11(14)15/h7-9H,1-6H2,(H,12,13)(H,14,15)/t7-,8-,9-/m0/s1. The molecule has 2 N–H and O–H groups in total. The number of aliphatic carboxylic acids is 1. The number of rotatable bonds is 5. The molecule has 0 radical (unpaired) electrons. The van der Waals surface area contributed by atoms with Crippen LogP contribution < -0.4 is 5.32 Å². The van der Waals surface area contributed by atoms with Crippen LogP contribution in [0.3, 0.4) is 0 Å². The fourth-order valence-electron chi connectivity index (χ4n) is 2.55. The third-order valence-corrected chi connectivity index (χ3v) is 3.38. The first-order valence-electron chi connectivity index (χ1n) is 5.79. The first kappa shape index (κ1) is 11.4. The van der Waals surface area contributed by atoms with E-state index in [-0.39, 0.29) is 24.5 Å². The molecule has 2 aliphatic heterocycles. The van der Waals surface area contributed by atoms with Gasteiger partial charge in [-0.05, 0) is 12.8 Å². The minimum Gasteiger partial charge on any atom is -0.481 e. The largest absolute Gasteiger partial charge is 0.481 e. The van der Waals surface area contributed by atoms with Crippen LogP contribution in [0.1, 0.15) is 32.1 Å². The lowest BCUT2D eigenvalue weighted by atomic mass is 9.93. The lowest BCUT2D eigenvalue weighted by Gasteiger charge is -2.14. The Bertz CT molecular complexity index is 292. The molecule has 0 spiro atoms. The fourth-order valence-corrected chi connectivity index (χ4v) is 2.55. The average Bonchev–Trinajstić information content (AvgIpc) is 2.72. The second-order valence-electron chi connectivity index (χ2n) is 4.55. The molecule has 0 aromatic rings. The molecule has 0 aromatic carbocycles. The molecule has 0 saturated carbocycles. The Labute approximate surface area is 94.2 Å². The van der Waals surface area contributed by atoms with Gasteiger partial charge in [-0.3, -0.25) is 9.59 Å². The molecular formula is C11H17NO4. The van der Waals surface area contributed by atoms with E-state index in [9.17, 15) is 9.59 Å². The summed E-state index contributed by atoms with van der Waals surface area (Å²) in [5.41, 5.74) is 0. The van der Waals surface area contributed by atoms with Crippen LogP contribution in [-0.2, 0) is 14.3 Å². The molecule has 90 valence electrons. The zero-order valence-corrected chi connectivity index (χ0v) is 9.15. The molecule has 0 unspecified atom stereocenters. The van der Waals surface area contributed by atoms with E-state index < -0.39 is 5.97 Å². The Balaban J connectivity index is 1.70. The topological polar surface area (TPSA) is 75.6 Å². The normalized spacial score (nSPS) is 32.5. The SMILES string of the molecule is O=C(O)CCCC[C@@H]1OC[C@@H]2NC(=O)C[C@@H]21. The minimum absolute atomic E-state index is 0.119. The van der Waals surface area contributed by atoms with E-state index in [2.05, 4.69) is 5.32 Å². The predicted octanol–water partition coefficient (Wildman–Crippen LogP) is 0.535. The number of nitrogens with one attached hydrogen (secondary N) is 1. The second kappa shape index (κ2) is 4.82. The van der Waals surface area contributed by atoms with Gasteiger partial charge >= 0.3 is 5.97 Å². The van der Waals surface area contributed by atoms with Gasteiger partial charge in [-0.25, -0.2) is 0 Å². The molecule has 5 heteroatoms. The van der Waals surface area contributed by atoms with Crippen molar-refractivity contribution in [3.8, 4) is 0 Å². The number of amides is 1. The molecule has 1 amide bonds. The number of fused-ring (bicyclic) bond motifs is 1. The molecule has 2 saturated heterocycles. The number of carboxylic acid groups (broad SMARTS) is 1. The van der Waals surface area contributed by atoms with Crippen LogP contribution >= 0.6 is 0 Å². The highest BCUT2D eigenvalue weighted by molar-refractivity contribution is 5.79. The van der Waals surface area contributed by atoms with Gasteiger partial charge in [-0.2, -0.15) is 0 Å². The van der Waals surface area contributed by atoms with Crippen molar-refractivity contribution in [3.05, 3.63) is 0 Å². The Morgan fingerprint density at radius 3 is 3.06 bits per heavy atom. The zero-order valence-electron chi connectivity index (χ0n) is 9.15. The highest BCUT2D eigenvalue weighted by Crippen LogP contribution is 2.32. The van der Waals surface area contributed by atoms with Crippen LogP contribution in [-0.4, -0.2) is 35.7 Å². The number of carbonyl (C=O) groups is 2. The highest BCUT2D eigenvalue weighted by Gasteiger charge is 2.43.